The Bertz CT molecular complexity index is 200. The van der Waals surface area contributed by atoms with Crippen molar-refractivity contribution in [3.8, 4) is 0 Å². The maximum Gasteiger partial charge on any atom is 1.00 e. The van der Waals surface area contributed by atoms with Crippen molar-refractivity contribution in [3.63, 3.8) is 0 Å². The van der Waals surface area contributed by atoms with E-state index in [1.54, 1.807) is 0 Å². The first-order valence-corrected chi connectivity index (χ1v) is 3.64. The van der Waals surface area contributed by atoms with Gasteiger partial charge in [0.05, 0.1) is 0 Å². The number of carbonyl (C=O) groups excluding carboxylic acids is 2. The van der Waals surface area contributed by atoms with E-state index in [2.05, 4.69) is 0 Å². The molecule has 1 fully saturated rings. The van der Waals surface area contributed by atoms with Gasteiger partial charge in [-0.15, -0.1) is 6.26 Å². The fourth-order valence-corrected chi connectivity index (χ4v) is 1.13. The van der Waals surface area contributed by atoms with Crippen molar-refractivity contribution in [1.29, 1.82) is 0 Å². The van der Waals surface area contributed by atoms with Crippen LogP contribution in [0.25, 0.3) is 0 Å². The van der Waals surface area contributed by atoms with Crippen LogP contribution >= 0.6 is 0 Å². The third-order valence-corrected chi connectivity index (χ3v) is 1.78. The minimum atomic E-state index is -0.289. The summed E-state index contributed by atoms with van der Waals surface area (Å²) >= 11 is 0. The van der Waals surface area contributed by atoms with Crippen LogP contribution < -0.4 is 34.7 Å². The number of allylic oxidation sites excluding steroid dienone is 1. The van der Waals surface area contributed by atoms with Crippen molar-refractivity contribution in [3.05, 3.63) is 11.8 Å². The van der Waals surface area contributed by atoms with E-state index in [0.29, 0.717) is 19.1 Å². The fourth-order valence-electron chi connectivity index (χ4n) is 1.13. The molecule has 0 aromatic rings. The summed E-state index contributed by atoms with van der Waals surface area (Å²) in [4.78, 5) is 21.9. The minimum Gasteiger partial charge on any atom is -0.877 e. The van der Waals surface area contributed by atoms with Crippen LogP contribution in [0.2, 0.25) is 0 Å². The van der Waals surface area contributed by atoms with Crippen LogP contribution in [0.5, 0.6) is 0 Å². The van der Waals surface area contributed by atoms with Crippen molar-refractivity contribution in [1.82, 2.24) is 0 Å². The van der Waals surface area contributed by atoms with Gasteiger partial charge in [-0.3, -0.25) is 9.59 Å². The maximum atomic E-state index is 11.0. The topological polar surface area (TPSA) is 57.2 Å². The molecule has 4 heteroatoms. The molecule has 1 saturated carbocycles. The standard InChI is InChI=1S/C8H10O3.Na/c9-5-6-7(10)3-1-2-4-8(6)11;/h5,9H,1-4H2;/q;+1/p-1. The molecule has 0 amide bonds. The Labute approximate surface area is 93.1 Å². The van der Waals surface area contributed by atoms with Crippen LogP contribution in [0.4, 0.5) is 0 Å². The molecule has 1 aliphatic carbocycles. The Morgan fingerprint density at radius 2 is 1.50 bits per heavy atom. The Morgan fingerprint density at radius 3 is 1.83 bits per heavy atom. The zero-order chi connectivity index (χ0) is 8.27. The molecule has 0 N–H and O–H groups in total. The van der Waals surface area contributed by atoms with Gasteiger partial charge >= 0.3 is 29.6 Å². The zero-order valence-corrected chi connectivity index (χ0v) is 9.13. The molecule has 0 atom stereocenters. The Kier molecular flexibility index (Phi) is 5.46. The molecule has 0 saturated heterocycles. The molecule has 12 heavy (non-hydrogen) atoms. The van der Waals surface area contributed by atoms with Crippen LogP contribution in [-0.4, -0.2) is 11.6 Å². The van der Waals surface area contributed by atoms with Gasteiger partial charge in [0.1, 0.15) is 0 Å². The molecule has 0 aromatic carbocycles. The Morgan fingerprint density at radius 1 is 1.08 bits per heavy atom. The summed E-state index contributed by atoms with van der Waals surface area (Å²) < 4.78 is 0. The molecule has 0 aromatic heterocycles. The van der Waals surface area contributed by atoms with Crippen molar-refractivity contribution < 1.29 is 44.3 Å². The maximum absolute atomic E-state index is 11.0. The summed E-state index contributed by atoms with van der Waals surface area (Å²) in [6.45, 7) is 0. The molecule has 1 rings (SSSR count). The van der Waals surface area contributed by atoms with E-state index in [9.17, 15) is 14.7 Å². The normalized spacial score (nSPS) is 18.2. The largest absolute Gasteiger partial charge is 1.00 e. The summed E-state index contributed by atoms with van der Waals surface area (Å²) in [5, 5.41) is 10.3. The molecule has 1 aliphatic rings. The second-order valence-electron chi connectivity index (χ2n) is 2.58. The quantitative estimate of drug-likeness (QED) is 0.129. The van der Waals surface area contributed by atoms with Crippen LogP contribution in [-0.2, 0) is 9.59 Å². The summed E-state index contributed by atoms with van der Waals surface area (Å²) in [6.07, 6.45) is 2.53. The second-order valence-corrected chi connectivity index (χ2v) is 2.58. The number of ketones is 2. The number of rotatable bonds is 0. The summed E-state index contributed by atoms with van der Waals surface area (Å²) in [5.74, 6) is -0.579. The average molecular weight is 176 g/mol. The first-order valence-electron chi connectivity index (χ1n) is 3.64. The van der Waals surface area contributed by atoms with Crippen LogP contribution in [0, 0.1) is 0 Å². The zero-order valence-electron chi connectivity index (χ0n) is 7.13. The van der Waals surface area contributed by atoms with Gasteiger partial charge < -0.3 is 5.11 Å². The van der Waals surface area contributed by atoms with Gasteiger partial charge in [-0.1, -0.05) is 0 Å². The fraction of sp³-hybridized carbons (Fsp3) is 0.500. The number of hydrogen-bond acceptors (Lipinski definition) is 3. The van der Waals surface area contributed by atoms with E-state index in [-0.39, 0.29) is 46.7 Å². The van der Waals surface area contributed by atoms with Crippen molar-refractivity contribution in [2.75, 3.05) is 0 Å². The third kappa shape index (κ3) is 2.73. The Balaban J connectivity index is 0.00000121. The predicted molar refractivity (Wildman–Crippen MR) is 36.6 cm³/mol. The molecule has 0 spiro atoms. The van der Waals surface area contributed by atoms with Gasteiger partial charge in [-0.2, -0.15) is 0 Å². The van der Waals surface area contributed by atoms with Gasteiger partial charge in [0.25, 0.3) is 0 Å². The molecule has 3 nitrogen and oxygen atoms in total. The Hall–Kier alpha value is -0.120. The van der Waals surface area contributed by atoms with Crippen molar-refractivity contribution >= 4 is 11.6 Å². The van der Waals surface area contributed by atoms with Gasteiger partial charge in [-0.05, 0) is 12.8 Å². The van der Waals surface area contributed by atoms with Gasteiger partial charge in [-0.25, -0.2) is 0 Å². The van der Waals surface area contributed by atoms with Gasteiger partial charge in [0, 0.05) is 18.4 Å². The molecule has 0 aliphatic heterocycles. The number of hydrogen-bond donors (Lipinski definition) is 0. The first-order chi connectivity index (χ1) is 5.25. The van der Waals surface area contributed by atoms with Gasteiger partial charge in [0.2, 0.25) is 0 Å². The molecular formula is C8H9NaO3. The minimum absolute atomic E-state index is 0. The van der Waals surface area contributed by atoms with Crippen molar-refractivity contribution in [2.45, 2.75) is 25.7 Å². The molecule has 0 radical (unpaired) electrons. The SMILES string of the molecule is O=C1CCCCC(=O)C1=C[O-].[Na+]. The van der Waals surface area contributed by atoms with E-state index in [0.717, 1.165) is 12.8 Å². The molecule has 0 bridgehead atoms. The van der Waals surface area contributed by atoms with Crippen molar-refractivity contribution in [2.24, 2.45) is 0 Å². The summed E-state index contributed by atoms with van der Waals surface area (Å²) in [7, 11) is 0. The van der Waals surface area contributed by atoms with E-state index >= 15 is 0 Å². The van der Waals surface area contributed by atoms with E-state index in [1.165, 1.54) is 0 Å². The van der Waals surface area contributed by atoms with Crippen LogP contribution in [0.15, 0.2) is 11.8 Å². The molecule has 60 valence electrons. The van der Waals surface area contributed by atoms with E-state index < -0.39 is 0 Å². The first kappa shape index (κ1) is 11.9. The third-order valence-electron chi connectivity index (χ3n) is 1.78. The number of carbonyl (C=O) groups is 2. The van der Waals surface area contributed by atoms with Crippen LogP contribution in [0.1, 0.15) is 25.7 Å². The number of Topliss-reactive ketones (excluding diaryl/α,β-unsaturated/α-hetero) is 2. The monoisotopic (exact) mass is 176 g/mol. The van der Waals surface area contributed by atoms with Gasteiger partial charge in [0.15, 0.2) is 11.6 Å². The molecule has 0 heterocycles. The summed E-state index contributed by atoms with van der Waals surface area (Å²) in [5.41, 5.74) is -0.137. The molecule has 0 unspecified atom stereocenters. The predicted octanol–water partition coefficient (Wildman–Crippen LogP) is -3.05. The van der Waals surface area contributed by atoms with E-state index in [1.807, 2.05) is 0 Å². The average Bonchev–Trinajstić information content (AvgIpc) is 2.12. The summed E-state index contributed by atoms with van der Waals surface area (Å²) in [6, 6.07) is 0. The van der Waals surface area contributed by atoms with Crippen LogP contribution in [0.3, 0.4) is 0 Å². The smallest absolute Gasteiger partial charge is 0.877 e. The second kappa shape index (κ2) is 5.51. The van der Waals surface area contributed by atoms with E-state index in [4.69, 9.17) is 0 Å². The molecular weight excluding hydrogens is 167 g/mol.